The number of aliphatic carboxylic acids is 1. The maximum Gasteiger partial charge on any atom is 0.322 e. The molecule has 0 spiro atoms. The predicted octanol–water partition coefficient (Wildman–Crippen LogP) is -6.86. The molecule has 708 valence electrons. The molecule has 0 unspecified atom stereocenters. The molecule has 0 aromatic rings. The van der Waals surface area contributed by atoms with Crippen molar-refractivity contribution >= 4 is 124 Å². The van der Waals surface area contributed by atoms with Crippen molar-refractivity contribution in [3.63, 3.8) is 0 Å². The van der Waals surface area contributed by atoms with Gasteiger partial charge in [-0.25, -0.2) is 0 Å². The molecule has 20 amide bonds. The van der Waals surface area contributed by atoms with Crippen LogP contribution in [0.1, 0.15) is 186 Å². The number of rotatable bonds is 33. The van der Waals surface area contributed by atoms with Crippen molar-refractivity contribution in [2.45, 2.75) is 271 Å². The molecule has 0 radical (unpaired) electrons. The average molecular weight is 1810 g/mol. The first kappa shape index (κ1) is 95.4. The van der Waals surface area contributed by atoms with Gasteiger partial charge in [-0.2, -0.15) is 0 Å². The van der Waals surface area contributed by atoms with Crippen LogP contribution in [0.15, 0.2) is 0 Å². The van der Waals surface area contributed by atoms with E-state index in [2.05, 4.69) is 47.9 Å². The van der Waals surface area contributed by atoms with Gasteiger partial charge in [0.1, 0.15) is 85.1 Å². The van der Waals surface area contributed by atoms with E-state index in [9.17, 15) is 101 Å². The highest BCUT2D eigenvalue weighted by Gasteiger charge is 2.51. The second-order valence-electron chi connectivity index (χ2n) is 36.0. The Morgan fingerprint density at radius 3 is 0.760 bits per heavy atom. The molecule has 13 heterocycles. The zero-order valence-corrected chi connectivity index (χ0v) is 73.4. The second kappa shape index (κ2) is 43.9. The van der Waals surface area contributed by atoms with Gasteiger partial charge in [0.15, 0.2) is 0 Å². The van der Waals surface area contributed by atoms with E-state index in [-0.39, 0.29) is 148 Å². The van der Waals surface area contributed by atoms with Crippen molar-refractivity contribution in [3.05, 3.63) is 0 Å². The van der Waals surface area contributed by atoms with Gasteiger partial charge in [-0.15, -0.1) is 0 Å². The molecular formula is C85H126N22O22. The normalized spacial score (nSPS) is 26.9. The van der Waals surface area contributed by atoms with Gasteiger partial charge < -0.3 is 117 Å². The van der Waals surface area contributed by atoms with Gasteiger partial charge in [0.25, 0.3) is 0 Å². The first-order valence-electron chi connectivity index (χ1n) is 46.6. The van der Waals surface area contributed by atoms with E-state index in [0.29, 0.717) is 135 Å². The fourth-order valence-electron chi connectivity index (χ4n) is 21.5. The van der Waals surface area contributed by atoms with Crippen LogP contribution in [0.5, 0.6) is 0 Å². The lowest BCUT2D eigenvalue weighted by Crippen LogP contribution is -2.57. The van der Waals surface area contributed by atoms with Crippen LogP contribution >= 0.6 is 0 Å². The van der Waals surface area contributed by atoms with Crippen molar-refractivity contribution in [3.8, 4) is 0 Å². The standard InChI is InChI=1S/C85H126N22O22/c86-30-2-1-16-52(80(124)102-38-5-19-54(102)74(118)90-46-67(110)100-36-15-29-64(100)85(129)107-43-10-24-59(107)78(122)94-50-71(114)115)95-65(108)44-88-72(116)55-20-6-39-103(55)81(125)60-25-11-32-96(60)68(111)47-91-75(119)57-22-8-41-105(57)83(127)62-27-13-34-98(62)70(113)49-93-77(121)58-23-9-42-106(58)84(128)63-28-14-35-99(63)69(112)48-92-76(120)56-21-7-40-104(56)82(126)61-26-12-33-97(61)66(109)45-89-73(117)53-18-4-37-101(53)79(123)51-17-3-31-87-51/h51-64,87H,1-50,86H2,(H,88,116)(H,89,117)(H,90,118)(H,91,119)(H,92,120)(H,93,121)(H,94,122)(H,95,108)(H,114,115)/t51-,52-,53-,54-,55-,56-,57-,58-,59-,60-,61-,62-,63-,64-/m0/s1. The minimum Gasteiger partial charge on any atom is -0.480 e. The highest BCUT2D eigenvalue weighted by molar-refractivity contribution is 6.02. The number of hydrogen-bond donors (Lipinski definition) is 11. The van der Waals surface area contributed by atoms with E-state index in [0.717, 1.165) is 13.0 Å². The molecule has 0 bridgehead atoms. The summed E-state index contributed by atoms with van der Waals surface area (Å²) in [7, 11) is 0. The Balaban J connectivity index is 0.521. The lowest BCUT2D eigenvalue weighted by Gasteiger charge is -2.32. The molecule has 13 saturated heterocycles. The third-order valence-electron chi connectivity index (χ3n) is 28.0. The van der Waals surface area contributed by atoms with E-state index in [4.69, 9.17) is 10.8 Å². The Bertz CT molecular complexity index is 4300. The maximum absolute atomic E-state index is 14.5. The number of nitrogens with zero attached hydrogens (tertiary/aromatic N) is 12. The molecular weight excluding hydrogens is 1680 g/mol. The van der Waals surface area contributed by atoms with Gasteiger partial charge in [0.2, 0.25) is 118 Å². The van der Waals surface area contributed by atoms with Gasteiger partial charge in [-0.1, -0.05) is 0 Å². The number of carboxylic acids is 1. The van der Waals surface area contributed by atoms with E-state index in [1.807, 2.05) is 0 Å². The van der Waals surface area contributed by atoms with Crippen molar-refractivity contribution in [2.75, 3.05) is 137 Å². The van der Waals surface area contributed by atoms with Crippen LogP contribution in [0.2, 0.25) is 0 Å². The van der Waals surface area contributed by atoms with Gasteiger partial charge in [-0.3, -0.25) is 101 Å². The molecule has 0 saturated carbocycles. The Kier molecular flexibility index (Phi) is 32.5. The SMILES string of the molecule is NCCCC[C@H](NC(=O)CNC(=O)[C@@H]1CCCN1C(=O)[C@@H]1CCCN1C(=O)CNC(=O)[C@@H]1CCCN1C(=O)[C@@H]1CCCN1C(=O)CNC(=O)[C@@H]1CCCN1C(=O)[C@@H]1CCCN1C(=O)CNC(=O)[C@@H]1CCCN1C(=O)[C@@H]1CCCN1C(=O)CNC(=O)[C@@H]1CCCN1C(=O)[C@@H]1CCCN1)C(=O)N1CCC[C@H]1C(=O)NCC(=O)N1CCC[C@H]1C(=O)N1CCC[C@H]1C(=O)NCC(=O)O. The molecule has 13 aliphatic heterocycles. The average Bonchev–Trinajstić information content (AvgIpc) is 1.67. The summed E-state index contributed by atoms with van der Waals surface area (Å²) in [4.78, 5) is 306. The van der Waals surface area contributed by atoms with Crippen LogP contribution in [0.3, 0.4) is 0 Å². The van der Waals surface area contributed by atoms with Crippen LogP contribution in [0, 0.1) is 0 Å². The van der Waals surface area contributed by atoms with Crippen molar-refractivity contribution in [1.82, 2.24) is 107 Å². The molecule has 12 N–H and O–H groups in total. The number of nitrogens with one attached hydrogen (secondary N) is 9. The quantitative estimate of drug-likeness (QED) is 0.0272. The summed E-state index contributed by atoms with van der Waals surface area (Å²) in [5.74, 6) is -11.8. The first-order valence-corrected chi connectivity index (χ1v) is 46.6. The minimum atomic E-state index is -1.24. The number of carbonyl (C=O) groups excluding carboxylic acids is 20. The van der Waals surface area contributed by atoms with E-state index in [1.165, 1.54) is 53.9 Å². The number of nitrogens with two attached hydrogens (primary N) is 1. The summed E-state index contributed by atoms with van der Waals surface area (Å²) >= 11 is 0. The smallest absolute Gasteiger partial charge is 0.322 e. The molecule has 0 aromatic carbocycles. The summed E-state index contributed by atoms with van der Waals surface area (Å²) in [6.45, 7) is 0.127. The van der Waals surface area contributed by atoms with Gasteiger partial charge in [-0.05, 0) is 199 Å². The molecule has 44 nitrogen and oxygen atoms in total. The summed E-state index contributed by atoms with van der Waals surface area (Å²) in [6, 6.07) is -12.7. The summed E-state index contributed by atoms with van der Waals surface area (Å²) < 4.78 is 0. The molecule has 13 rings (SSSR count). The number of amides is 20. The number of unbranched alkanes of at least 4 members (excludes halogenated alkanes) is 1. The van der Waals surface area contributed by atoms with Crippen molar-refractivity contribution < 1.29 is 106 Å². The molecule has 129 heavy (non-hydrogen) atoms. The number of likely N-dealkylation sites (tertiary alicyclic amines) is 12. The van der Waals surface area contributed by atoms with Gasteiger partial charge in [0, 0.05) is 78.5 Å². The minimum absolute atomic E-state index is 0.123. The van der Waals surface area contributed by atoms with E-state index >= 15 is 0 Å². The topological polar surface area (TPSA) is 552 Å². The molecule has 44 heteroatoms. The maximum atomic E-state index is 14.5. The predicted molar refractivity (Wildman–Crippen MR) is 451 cm³/mol. The Labute approximate surface area is 747 Å². The molecule has 0 aliphatic carbocycles. The molecule has 0 aromatic heterocycles. The van der Waals surface area contributed by atoms with Crippen LogP contribution < -0.4 is 53.6 Å². The van der Waals surface area contributed by atoms with E-state index in [1.54, 1.807) is 4.90 Å². The molecule has 13 aliphatic rings. The van der Waals surface area contributed by atoms with Crippen LogP contribution in [-0.2, 0) is 101 Å². The number of hydrogen-bond acceptors (Lipinski definition) is 23. The summed E-state index contributed by atoms with van der Waals surface area (Å²) in [5, 5.41) is 33.2. The number of carboxylic acid groups (broad SMARTS) is 1. The largest absolute Gasteiger partial charge is 0.480 e. The zero-order chi connectivity index (χ0) is 91.9. The Morgan fingerprint density at radius 1 is 0.271 bits per heavy atom. The lowest BCUT2D eigenvalue weighted by atomic mass is 10.1. The van der Waals surface area contributed by atoms with E-state index < -0.39 is 236 Å². The summed E-state index contributed by atoms with van der Waals surface area (Å²) in [5.41, 5.74) is 5.79. The monoisotopic (exact) mass is 1810 g/mol. The highest BCUT2D eigenvalue weighted by Crippen LogP contribution is 2.33. The van der Waals surface area contributed by atoms with Gasteiger partial charge >= 0.3 is 5.97 Å². The fourth-order valence-corrected chi connectivity index (χ4v) is 21.5. The van der Waals surface area contributed by atoms with Crippen LogP contribution in [0.4, 0.5) is 0 Å². The third-order valence-corrected chi connectivity index (χ3v) is 28.0. The molecule has 14 atom stereocenters. The zero-order valence-electron chi connectivity index (χ0n) is 73.4. The van der Waals surface area contributed by atoms with Crippen LogP contribution in [-0.4, -0.2) is 410 Å². The lowest BCUT2D eigenvalue weighted by molar-refractivity contribution is -0.148. The van der Waals surface area contributed by atoms with Crippen molar-refractivity contribution in [1.29, 1.82) is 0 Å². The molecule has 13 fully saturated rings. The van der Waals surface area contributed by atoms with Crippen LogP contribution in [0.25, 0.3) is 0 Å². The first-order chi connectivity index (χ1) is 62.1. The fraction of sp³-hybridized carbons (Fsp3) is 0.753. The third kappa shape index (κ3) is 22.1. The Hall–Kier alpha value is -11.2. The Morgan fingerprint density at radius 2 is 0.504 bits per heavy atom. The second-order valence-corrected chi connectivity index (χ2v) is 36.0. The highest BCUT2D eigenvalue weighted by atomic mass is 16.4. The summed E-state index contributed by atoms with van der Waals surface area (Å²) in [6.07, 6.45) is 11.9. The number of carbonyl (C=O) groups is 21. The van der Waals surface area contributed by atoms with Crippen molar-refractivity contribution in [2.24, 2.45) is 5.73 Å². The van der Waals surface area contributed by atoms with Gasteiger partial charge in [0.05, 0.1) is 45.3 Å².